The fourth-order valence-corrected chi connectivity index (χ4v) is 6.32. The highest BCUT2D eigenvalue weighted by Crippen LogP contribution is 2.45. The average Bonchev–Trinajstić information content (AvgIpc) is 3.31. The Labute approximate surface area is 261 Å². The molecule has 0 radical (unpaired) electrons. The molecule has 0 saturated heterocycles. The van der Waals surface area contributed by atoms with Crippen LogP contribution in [0.1, 0.15) is 71.9 Å². The number of halogens is 1. The minimum absolute atomic E-state index is 0. The highest BCUT2D eigenvalue weighted by molar-refractivity contribution is 6.06. The Morgan fingerprint density at radius 3 is 2.02 bits per heavy atom. The zero-order chi connectivity index (χ0) is 28.5. The number of carbonyl (C=O) groups is 1. The first kappa shape index (κ1) is 30.9. The van der Waals surface area contributed by atoms with Gasteiger partial charge in [-0.3, -0.25) is 9.79 Å². The van der Waals surface area contributed by atoms with E-state index < -0.39 is 0 Å². The number of carbonyl (C=O) groups excluding carboxylic acids is 1. The molecule has 41 heavy (non-hydrogen) atoms. The van der Waals surface area contributed by atoms with Crippen molar-refractivity contribution in [3.05, 3.63) is 83.9 Å². The summed E-state index contributed by atoms with van der Waals surface area (Å²) in [5.74, 6) is 0. The molecule has 6 rings (SSSR count). The van der Waals surface area contributed by atoms with Crippen molar-refractivity contribution in [2.75, 3.05) is 13.2 Å². The second kappa shape index (κ2) is 12.4. The lowest BCUT2D eigenvalue weighted by Crippen LogP contribution is -3.00. The highest BCUT2D eigenvalue weighted by atomic mass is 127. The van der Waals surface area contributed by atoms with Crippen LogP contribution >= 0.6 is 0 Å². The van der Waals surface area contributed by atoms with Gasteiger partial charge in [-0.05, 0) is 72.9 Å². The Bertz CT molecular complexity index is 1650. The standard InChI is InChI=1S/C21H26NO2.C15H15N.HI/c1-16-21(2,3)20-18-10-6-5-9-17(18)11-12-19(20)22(16)13-7-4-8-14-24-15-23;1-10-15(2,3)14-12-7-5-4-6-11(12)8-9-13(14)16-10;/h5-6,9-12,15H,4,7-8,13-14H2,1-3H3;4-9H,1-3H3;1H/q+1;;/p-1. The summed E-state index contributed by atoms with van der Waals surface area (Å²) in [5, 5.41) is 5.32. The molecular weight excluding hydrogens is 619 g/mol. The average molecular weight is 661 g/mol. The Morgan fingerprint density at radius 1 is 0.756 bits per heavy atom. The Morgan fingerprint density at radius 2 is 1.37 bits per heavy atom. The summed E-state index contributed by atoms with van der Waals surface area (Å²) < 4.78 is 7.24. The number of nitrogens with zero attached hydrogens (tertiary/aromatic N) is 2. The Kier molecular flexibility index (Phi) is 9.37. The molecule has 0 spiro atoms. The van der Waals surface area contributed by atoms with Gasteiger partial charge < -0.3 is 28.7 Å². The lowest BCUT2D eigenvalue weighted by molar-refractivity contribution is -0.439. The van der Waals surface area contributed by atoms with Crippen molar-refractivity contribution in [2.45, 2.75) is 71.6 Å². The first-order valence-corrected chi connectivity index (χ1v) is 14.4. The molecule has 0 aromatic heterocycles. The number of hydrogen-bond acceptors (Lipinski definition) is 3. The minimum atomic E-state index is 0. The molecule has 4 aromatic rings. The van der Waals surface area contributed by atoms with E-state index in [1.807, 2.05) is 0 Å². The predicted octanol–water partition coefficient (Wildman–Crippen LogP) is 5.81. The summed E-state index contributed by atoms with van der Waals surface area (Å²) in [6.45, 7) is 15.6. The van der Waals surface area contributed by atoms with Crippen LogP contribution in [0.3, 0.4) is 0 Å². The van der Waals surface area contributed by atoms with Gasteiger partial charge in [-0.2, -0.15) is 4.58 Å². The molecule has 0 fully saturated rings. The molecule has 0 aliphatic carbocycles. The van der Waals surface area contributed by atoms with E-state index in [1.54, 1.807) is 0 Å². The third-order valence-electron chi connectivity index (χ3n) is 9.07. The maximum absolute atomic E-state index is 10.2. The van der Waals surface area contributed by atoms with Crippen molar-refractivity contribution in [3.63, 3.8) is 0 Å². The highest BCUT2D eigenvalue weighted by Gasteiger charge is 2.43. The van der Waals surface area contributed by atoms with Gasteiger partial charge in [-0.15, -0.1) is 0 Å². The number of fused-ring (bicyclic) bond motifs is 6. The van der Waals surface area contributed by atoms with Crippen molar-refractivity contribution in [2.24, 2.45) is 4.99 Å². The van der Waals surface area contributed by atoms with Crippen LogP contribution in [0.5, 0.6) is 0 Å². The van der Waals surface area contributed by atoms with Crippen LogP contribution in [0.4, 0.5) is 11.4 Å². The molecule has 4 nitrogen and oxygen atoms in total. The van der Waals surface area contributed by atoms with E-state index in [9.17, 15) is 4.79 Å². The molecule has 0 saturated carbocycles. The summed E-state index contributed by atoms with van der Waals surface area (Å²) in [5.41, 5.74) is 8.05. The van der Waals surface area contributed by atoms with Gasteiger partial charge in [0.2, 0.25) is 5.69 Å². The first-order valence-electron chi connectivity index (χ1n) is 14.4. The van der Waals surface area contributed by atoms with Gasteiger partial charge in [0.1, 0.15) is 6.54 Å². The fraction of sp³-hybridized carbons (Fsp3) is 0.361. The summed E-state index contributed by atoms with van der Waals surface area (Å²) in [4.78, 5) is 14.8. The second-order valence-corrected chi connectivity index (χ2v) is 12.1. The quantitative estimate of drug-likeness (QED) is 0.109. The summed E-state index contributed by atoms with van der Waals surface area (Å²) in [6.07, 6.45) is 3.10. The van der Waals surface area contributed by atoms with Gasteiger partial charge in [0, 0.05) is 36.1 Å². The molecule has 2 heterocycles. The third kappa shape index (κ3) is 5.70. The van der Waals surface area contributed by atoms with E-state index in [0.717, 1.165) is 31.5 Å². The van der Waals surface area contributed by atoms with E-state index >= 15 is 0 Å². The van der Waals surface area contributed by atoms with Crippen LogP contribution in [0.15, 0.2) is 77.8 Å². The lowest BCUT2D eigenvalue weighted by Gasteiger charge is -2.21. The van der Waals surface area contributed by atoms with Crippen LogP contribution < -0.4 is 24.0 Å². The van der Waals surface area contributed by atoms with Gasteiger partial charge in [-0.1, -0.05) is 68.4 Å². The maximum atomic E-state index is 10.2. The number of benzene rings is 4. The number of ether oxygens (including phenoxy) is 1. The summed E-state index contributed by atoms with van der Waals surface area (Å²) in [7, 11) is 0. The monoisotopic (exact) mass is 660 g/mol. The fourth-order valence-electron chi connectivity index (χ4n) is 6.32. The largest absolute Gasteiger partial charge is 1.00 e. The third-order valence-corrected chi connectivity index (χ3v) is 9.07. The maximum Gasteiger partial charge on any atom is 0.293 e. The molecule has 0 amide bonds. The molecular formula is C36H41IN2O2. The molecule has 4 aromatic carbocycles. The topological polar surface area (TPSA) is 41.7 Å². The van der Waals surface area contributed by atoms with E-state index in [4.69, 9.17) is 4.74 Å². The molecule has 0 bridgehead atoms. The molecule has 2 aliphatic rings. The van der Waals surface area contributed by atoms with Gasteiger partial charge >= 0.3 is 0 Å². The van der Waals surface area contributed by atoms with Gasteiger partial charge in [0.25, 0.3) is 6.47 Å². The van der Waals surface area contributed by atoms with Crippen molar-refractivity contribution >= 4 is 50.8 Å². The molecule has 5 heteroatoms. The van der Waals surface area contributed by atoms with E-state index in [0.29, 0.717) is 13.1 Å². The molecule has 2 aliphatic heterocycles. The first-order chi connectivity index (χ1) is 19.2. The number of hydrogen-bond donors (Lipinski definition) is 0. The van der Waals surface area contributed by atoms with Crippen molar-refractivity contribution < 1.29 is 38.1 Å². The summed E-state index contributed by atoms with van der Waals surface area (Å²) in [6, 6.07) is 26.0. The predicted molar refractivity (Wildman–Crippen MR) is 168 cm³/mol. The summed E-state index contributed by atoms with van der Waals surface area (Å²) >= 11 is 0. The van der Waals surface area contributed by atoms with Crippen molar-refractivity contribution in [3.8, 4) is 0 Å². The molecule has 0 atom stereocenters. The van der Waals surface area contributed by atoms with Crippen molar-refractivity contribution in [1.29, 1.82) is 0 Å². The van der Waals surface area contributed by atoms with Gasteiger partial charge in [-0.25, -0.2) is 0 Å². The second-order valence-electron chi connectivity index (χ2n) is 12.1. The van der Waals surface area contributed by atoms with Crippen molar-refractivity contribution in [1.82, 2.24) is 0 Å². The Hall–Kier alpha value is -3.06. The molecule has 0 unspecified atom stereocenters. The van der Waals surface area contributed by atoms with Crippen LogP contribution in [-0.2, 0) is 20.4 Å². The van der Waals surface area contributed by atoms with E-state index in [2.05, 4.69) is 124 Å². The Balaban J connectivity index is 0.000000198. The zero-order valence-corrected chi connectivity index (χ0v) is 27.3. The van der Waals surface area contributed by atoms with E-state index in [-0.39, 0.29) is 34.8 Å². The normalized spacial score (nSPS) is 15.9. The minimum Gasteiger partial charge on any atom is -1.00 e. The van der Waals surface area contributed by atoms with Gasteiger partial charge in [0.15, 0.2) is 5.71 Å². The van der Waals surface area contributed by atoms with Crippen LogP contribution in [-0.4, -0.2) is 35.6 Å². The zero-order valence-electron chi connectivity index (χ0n) is 25.1. The van der Waals surface area contributed by atoms with E-state index in [1.165, 1.54) is 49.8 Å². The number of unbranched alkanes of at least 4 members (excludes halogenated alkanes) is 2. The number of rotatable bonds is 7. The van der Waals surface area contributed by atoms with Crippen LogP contribution in [0.2, 0.25) is 0 Å². The van der Waals surface area contributed by atoms with Crippen LogP contribution in [0.25, 0.3) is 21.5 Å². The molecule has 214 valence electrons. The van der Waals surface area contributed by atoms with Gasteiger partial charge in [0.05, 0.1) is 17.7 Å². The molecule has 0 N–H and O–H groups in total. The lowest BCUT2D eigenvalue weighted by atomic mass is 9.80. The smallest absolute Gasteiger partial charge is 0.293 e. The number of aliphatic imine (C=N–C) groups is 1. The van der Waals surface area contributed by atoms with Crippen LogP contribution in [0, 0.1) is 0 Å². The SMILES string of the molecule is CC1=Nc2ccc3ccccc3c2C1(C)C.CC1=[N+](CCCCCOC=O)c2ccc3ccccc3c2C1(C)C.[I-].